The first kappa shape index (κ1) is 20.8. The Morgan fingerprint density at radius 2 is 2.20 bits per heavy atom. The highest BCUT2D eigenvalue weighted by Gasteiger charge is 2.38. The maximum atomic E-state index is 8.39. The predicted molar refractivity (Wildman–Crippen MR) is 124 cm³/mol. The molecule has 6 nitrogen and oxygen atoms in total. The molecule has 3 atom stereocenters. The molecule has 2 aliphatic rings. The van der Waals surface area contributed by atoms with Gasteiger partial charge in [-0.15, -0.1) is 0 Å². The van der Waals surface area contributed by atoms with Crippen LogP contribution < -0.4 is 4.90 Å². The molecule has 3 unspecified atom stereocenters. The van der Waals surface area contributed by atoms with Crippen molar-refractivity contribution in [2.75, 3.05) is 31.7 Å². The van der Waals surface area contributed by atoms with Gasteiger partial charge in [0.25, 0.3) is 0 Å². The Morgan fingerprint density at radius 3 is 2.97 bits per heavy atom. The molecule has 2 aliphatic heterocycles. The number of hydrogen-bond donors (Lipinski definition) is 2. The zero-order valence-corrected chi connectivity index (χ0v) is 18.5. The fourth-order valence-corrected chi connectivity index (χ4v) is 4.95. The van der Waals surface area contributed by atoms with Gasteiger partial charge in [-0.25, -0.2) is 9.98 Å². The number of pyridine rings is 1. The van der Waals surface area contributed by atoms with Crippen LogP contribution in [0.25, 0.3) is 11.0 Å². The minimum absolute atomic E-state index is 0.115. The number of rotatable bonds is 6. The largest absolute Gasteiger partial charge is 0.384 e. The number of methoxy groups -OCH3 is 1. The lowest BCUT2D eigenvalue weighted by atomic mass is 9.83. The normalized spacial score (nSPS) is 27.0. The van der Waals surface area contributed by atoms with E-state index in [4.69, 9.17) is 10.1 Å². The summed E-state index contributed by atoms with van der Waals surface area (Å²) in [5.41, 5.74) is 4.14. The lowest BCUT2D eigenvalue weighted by Crippen LogP contribution is -2.31. The van der Waals surface area contributed by atoms with Crippen LogP contribution in [-0.4, -0.2) is 48.3 Å². The van der Waals surface area contributed by atoms with Crippen LogP contribution in [0.15, 0.2) is 35.6 Å². The van der Waals surface area contributed by atoms with Crippen molar-refractivity contribution < 1.29 is 4.74 Å². The molecule has 2 aromatic rings. The van der Waals surface area contributed by atoms with Crippen molar-refractivity contribution in [2.24, 2.45) is 22.2 Å². The van der Waals surface area contributed by atoms with E-state index in [0.29, 0.717) is 11.8 Å². The van der Waals surface area contributed by atoms with E-state index in [1.54, 1.807) is 0 Å². The van der Waals surface area contributed by atoms with Crippen molar-refractivity contribution in [1.29, 1.82) is 5.41 Å². The molecule has 0 aliphatic carbocycles. The summed E-state index contributed by atoms with van der Waals surface area (Å²) < 4.78 is 5.61. The van der Waals surface area contributed by atoms with Gasteiger partial charge in [0.2, 0.25) is 0 Å². The van der Waals surface area contributed by atoms with Gasteiger partial charge in [0, 0.05) is 49.5 Å². The quantitative estimate of drug-likeness (QED) is 0.721. The second-order valence-corrected chi connectivity index (χ2v) is 9.00. The first-order chi connectivity index (χ1) is 14.5. The van der Waals surface area contributed by atoms with Gasteiger partial charge in [-0.1, -0.05) is 33.3 Å². The lowest BCUT2D eigenvalue weighted by molar-refractivity contribution is 0.0867. The van der Waals surface area contributed by atoms with Gasteiger partial charge in [0.15, 0.2) is 0 Å². The van der Waals surface area contributed by atoms with Crippen LogP contribution in [0.1, 0.15) is 45.6 Å². The number of allylic oxidation sites excluding steroid dienone is 2. The molecule has 0 bridgehead atoms. The Labute approximate surface area is 178 Å². The Kier molecular flexibility index (Phi) is 5.78. The number of aromatic amines is 1. The van der Waals surface area contributed by atoms with E-state index in [1.807, 2.05) is 19.5 Å². The van der Waals surface area contributed by atoms with Crippen LogP contribution in [0.5, 0.6) is 0 Å². The van der Waals surface area contributed by atoms with Crippen molar-refractivity contribution >= 4 is 28.3 Å². The summed E-state index contributed by atoms with van der Waals surface area (Å²) in [5.74, 6) is 0.846. The van der Waals surface area contributed by atoms with E-state index in [2.05, 4.69) is 58.8 Å². The van der Waals surface area contributed by atoms with E-state index in [9.17, 15) is 0 Å². The number of fused-ring (bicyclic) bond motifs is 1. The second-order valence-electron chi connectivity index (χ2n) is 9.00. The molecule has 2 N–H and O–H groups in total. The summed E-state index contributed by atoms with van der Waals surface area (Å²) in [6, 6.07) is 2.12. The van der Waals surface area contributed by atoms with Gasteiger partial charge >= 0.3 is 0 Å². The zero-order chi connectivity index (χ0) is 21.3. The first-order valence-corrected chi connectivity index (χ1v) is 11.0. The highest BCUT2D eigenvalue weighted by Crippen LogP contribution is 2.40. The highest BCUT2D eigenvalue weighted by atomic mass is 16.5. The summed E-state index contributed by atoms with van der Waals surface area (Å²) in [5, 5.41) is 9.49. The summed E-state index contributed by atoms with van der Waals surface area (Å²) >= 11 is 0. The minimum Gasteiger partial charge on any atom is -0.384 e. The lowest BCUT2D eigenvalue weighted by Gasteiger charge is -2.29. The molecule has 0 amide bonds. The van der Waals surface area contributed by atoms with Crippen LogP contribution in [0.2, 0.25) is 0 Å². The van der Waals surface area contributed by atoms with E-state index in [1.165, 1.54) is 18.5 Å². The topological polar surface area (TPSA) is 77.4 Å². The SMILES string of the molecule is CCCC1(COC)CCN(c2ccnc3[nH]cc(C4=NC(=N)C(C)C(C)C=C4)c23)C1. The minimum atomic E-state index is 0.115. The maximum absolute atomic E-state index is 8.39. The van der Waals surface area contributed by atoms with Crippen LogP contribution in [0, 0.1) is 22.7 Å². The summed E-state index contributed by atoms with van der Waals surface area (Å²) in [4.78, 5) is 15.1. The van der Waals surface area contributed by atoms with E-state index in [0.717, 1.165) is 48.4 Å². The number of H-pyrrole nitrogens is 1. The molecular formula is C24H33N5O. The summed E-state index contributed by atoms with van der Waals surface area (Å²) in [6.07, 6.45) is 11.6. The Bertz CT molecular complexity index is 983. The van der Waals surface area contributed by atoms with Gasteiger partial charge in [-0.05, 0) is 30.9 Å². The third-order valence-corrected chi connectivity index (χ3v) is 6.86. The van der Waals surface area contributed by atoms with Gasteiger partial charge < -0.3 is 14.6 Å². The van der Waals surface area contributed by atoms with Gasteiger partial charge in [-0.3, -0.25) is 5.41 Å². The van der Waals surface area contributed by atoms with Crippen LogP contribution in [0.4, 0.5) is 5.69 Å². The average molecular weight is 408 g/mol. The Balaban J connectivity index is 1.75. The standard InChI is InChI=1S/C24H33N5O/c1-5-9-24(15-30-4)10-12-29(14-24)20-8-11-26-23-21(20)18(13-27-23)19-7-6-16(2)17(3)22(25)28-19/h6-8,11,13,16-17,25H,5,9-10,12,14-15H2,1-4H3,(H,26,27). The zero-order valence-electron chi connectivity index (χ0n) is 18.5. The van der Waals surface area contributed by atoms with Gasteiger partial charge in [-0.2, -0.15) is 0 Å². The molecule has 0 aromatic carbocycles. The van der Waals surface area contributed by atoms with Crippen LogP contribution in [0.3, 0.4) is 0 Å². The fraction of sp³-hybridized carbons (Fsp3) is 0.542. The van der Waals surface area contributed by atoms with Gasteiger partial charge in [0.05, 0.1) is 23.4 Å². The van der Waals surface area contributed by atoms with Crippen molar-refractivity contribution in [1.82, 2.24) is 9.97 Å². The van der Waals surface area contributed by atoms with E-state index >= 15 is 0 Å². The molecule has 160 valence electrons. The maximum Gasteiger partial charge on any atom is 0.140 e. The number of ether oxygens (including phenoxy) is 1. The summed E-state index contributed by atoms with van der Waals surface area (Å²) in [6.45, 7) is 9.27. The average Bonchev–Trinajstić information content (AvgIpc) is 3.32. The number of nitrogens with one attached hydrogen (secondary N) is 2. The third kappa shape index (κ3) is 3.69. The van der Waals surface area contributed by atoms with E-state index < -0.39 is 0 Å². The van der Waals surface area contributed by atoms with Crippen molar-refractivity contribution in [3.8, 4) is 0 Å². The number of aliphatic imine (C=N–C) groups is 1. The van der Waals surface area contributed by atoms with Crippen molar-refractivity contribution in [2.45, 2.75) is 40.0 Å². The molecule has 4 heterocycles. The fourth-order valence-electron chi connectivity index (χ4n) is 4.95. The predicted octanol–water partition coefficient (Wildman–Crippen LogP) is 4.81. The molecule has 0 radical (unpaired) electrons. The molecule has 4 rings (SSSR count). The Hall–Kier alpha value is -2.47. The second kappa shape index (κ2) is 8.34. The van der Waals surface area contributed by atoms with Crippen LogP contribution >= 0.6 is 0 Å². The third-order valence-electron chi connectivity index (χ3n) is 6.86. The van der Waals surface area contributed by atoms with Crippen molar-refractivity contribution in [3.63, 3.8) is 0 Å². The molecule has 30 heavy (non-hydrogen) atoms. The summed E-state index contributed by atoms with van der Waals surface area (Å²) in [7, 11) is 1.81. The van der Waals surface area contributed by atoms with E-state index in [-0.39, 0.29) is 11.3 Å². The smallest absolute Gasteiger partial charge is 0.140 e. The first-order valence-electron chi connectivity index (χ1n) is 11.0. The van der Waals surface area contributed by atoms with Gasteiger partial charge in [0.1, 0.15) is 11.5 Å². The Morgan fingerprint density at radius 1 is 1.37 bits per heavy atom. The number of hydrogen-bond acceptors (Lipinski definition) is 4. The molecule has 0 saturated carbocycles. The molecule has 1 saturated heterocycles. The molecule has 1 fully saturated rings. The molecule has 0 spiro atoms. The number of amidine groups is 1. The molecular weight excluding hydrogens is 374 g/mol. The monoisotopic (exact) mass is 407 g/mol. The van der Waals surface area contributed by atoms with Crippen LogP contribution in [-0.2, 0) is 4.74 Å². The number of nitrogens with zero attached hydrogens (tertiary/aromatic N) is 3. The van der Waals surface area contributed by atoms with Crippen molar-refractivity contribution in [3.05, 3.63) is 36.2 Å². The number of anilines is 1. The molecule has 2 aromatic heterocycles. The number of aromatic nitrogens is 2. The highest BCUT2D eigenvalue weighted by molar-refractivity contribution is 6.21. The molecule has 6 heteroatoms.